The van der Waals surface area contributed by atoms with Gasteiger partial charge in [0.2, 0.25) is 0 Å². The van der Waals surface area contributed by atoms with Crippen LogP contribution in [0.2, 0.25) is 0 Å². The summed E-state index contributed by atoms with van der Waals surface area (Å²) in [4.78, 5) is 13.3. The van der Waals surface area contributed by atoms with Crippen LogP contribution in [0.1, 0.15) is 18.7 Å². The van der Waals surface area contributed by atoms with Gasteiger partial charge in [0.1, 0.15) is 34.3 Å². The average Bonchev–Trinajstić information content (AvgIpc) is 3.23. The van der Waals surface area contributed by atoms with Gasteiger partial charge in [0, 0.05) is 35.7 Å². The monoisotopic (exact) mass is 508 g/mol. The number of anilines is 3. The molecule has 1 fully saturated rings. The third kappa shape index (κ3) is 4.81. The molecule has 188 valence electrons. The number of ether oxygens (including phenoxy) is 3. The fourth-order valence-corrected chi connectivity index (χ4v) is 5.49. The van der Waals surface area contributed by atoms with Gasteiger partial charge in [0.25, 0.3) is 0 Å². The zero-order valence-electron chi connectivity index (χ0n) is 20.6. The lowest BCUT2D eigenvalue weighted by molar-refractivity contribution is 0.122. The summed E-state index contributed by atoms with van der Waals surface area (Å²) in [5.74, 6) is 1.88. The summed E-state index contributed by atoms with van der Waals surface area (Å²) in [5.41, 5.74) is 3.65. The Labute approximate surface area is 213 Å². The molecule has 0 aliphatic carbocycles. The largest absolute Gasteiger partial charge is 0.492 e. The van der Waals surface area contributed by atoms with E-state index in [0.29, 0.717) is 38.0 Å². The molecule has 1 aliphatic rings. The van der Waals surface area contributed by atoms with Crippen LogP contribution in [0.5, 0.6) is 11.5 Å². The lowest BCUT2D eigenvalue weighted by atomic mass is 10.0. The second-order valence-corrected chi connectivity index (χ2v) is 9.55. The molecule has 9 heteroatoms. The van der Waals surface area contributed by atoms with Gasteiger partial charge >= 0.3 is 0 Å². The Kier molecular flexibility index (Phi) is 7.20. The Balaban J connectivity index is 1.61. The van der Waals surface area contributed by atoms with E-state index in [1.807, 2.05) is 32.9 Å². The van der Waals surface area contributed by atoms with E-state index < -0.39 is 0 Å². The smallest absolute Gasteiger partial charge is 0.145 e. The van der Waals surface area contributed by atoms with Gasteiger partial charge in [-0.3, -0.25) is 0 Å². The van der Waals surface area contributed by atoms with Crippen molar-refractivity contribution in [3.05, 3.63) is 53.4 Å². The average molecular weight is 509 g/mol. The lowest BCUT2D eigenvalue weighted by Gasteiger charge is -2.31. The first kappa shape index (κ1) is 24.3. The van der Waals surface area contributed by atoms with Crippen molar-refractivity contribution in [2.75, 3.05) is 49.7 Å². The highest BCUT2D eigenvalue weighted by atomic mass is 32.1. The molecule has 0 atom stereocenters. The molecule has 0 saturated carbocycles. The summed E-state index contributed by atoms with van der Waals surface area (Å²) in [6, 6.07) is 10.5. The van der Waals surface area contributed by atoms with Gasteiger partial charge in [-0.1, -0.05) is 12.1 Å². The molecule has 5 rings (SSSR count). The van der Waals surface area contributed by atoms with Crippen molar-refractivity contribution in [2.45, 2.75) is 20.8 Å². The molecule has 1 aliphatic heterocycles. The van der Waals surface area contributed by atoms with Crippen LogP contribution in [0.3, 0.4) is 0 Å². The number of hydrogen-bond acceptors (Lipinski definition) is 8. The Morgan fingerprint density at radius 1 is 1.03 bits per heavy atom. The number of benzene rings is 2. The first-order valence-electron chi connectivity index (χ1n) is 12.1. The lowest BCUT2D eigenvalue weighted by Crippen LogP contribution is -2.36. The van der Waals surface area contributed by atoms with E-state index in [4.69, 9.17) is 14.2 Å². The van der Waals surface area contributed by atoms with Gasteiger partial charge < -0.3 is 24.4 Å². The molecule has 2 aromatic carbocycles. The predicted molar refractivity (Wildman–Crippen MR) is 143 cm³/mol. The number of thiophene rings is 1. The second kappa shape index (κ2) is 10.7. The van der Waals surface area contributed by atoms with E-state index in [-0.39, 0.29) is 5.82 Å². The van der Waals surface area contributed by atoms with Gasteiger partial charge in [-0.15, -0.1) is 11.3 Å². The third-order valence-corrected chi connectivity index (χ3v) is 7.08. The van der Waals surface area contributed by atoms with E-state index in [1.54, 1.807) is 29.8 Å². The molecule has 1 N–H and O–H groups in total. The standard InChI is InChI=1S/C27H29FN4O3S/c1-4-34-22-15-21(32-10-12-33-13-11-32)23(35-5-2)14-20(22)31-26-25-24(18-6-8-19(28)9-7-18)17(3)36-27(25)30-16-29-26/h6-9,14-16H,4-5,10-13H2,1-3H3,(H,29,30,31). The normalized spacial score (nSPS) is 13.7. The van der Waals surface area contributed by atoms with Crippen molar-refractivity contribution in [3.8, 4) is 22.6 Å². The first-order chi connectivity index (χ1) is 17.6. The summed E-state index contributed by atoms with van der Waals surface area (Å²) in [6.07, 6.45) is 1.56. The maximum Gasteiger partial charge on any atom is 0.145 e. The number of aryl methyl sites for hydroxylation is 1. The minimum atomic E-state index is -0.268. The minimum absolute atomic E-state index is 0.268. The van der Waals surface area contributed by atoms with Crippen LogP contribution in [0.15, 0.2) is 42.7 Å². The number of nitrogens with zero attached hydrogens (tertiary/aromatic N) is 3. The van der Waals surface area contributed by atoms with Crippen LogP contribution in [0.25, 0.3) is 21.3 Å². The van der Waals surface area contributed by atoms with Gasteiger partial charge in [-0.25, -0.2) is 14.4 Å². The van der Waals surface area contributed by atoms with Crippen molar-refractivity contribution < 1.29 is 18.6 Å². The summed E-state index contributed by atoms with van der Waals surface area (Å²) in [6.45, 7) is 9.99. The van der Waals surface area contributed by atoms with E-state index >= 15 is 0 Å². The molecule has 0 bridgehead atoms. The Morgan fingerprint density at radius 2 is 1.75 bits per heavy atom. The van der Waals surface area contributed by atoms with Crippen LogP contribution >= 0.6 is 11.3 Å². The molecule has 0 spiro atoms. The topological polar surface area (TPSA) is 68.7 Å². The van der Waals surface area contributed by atoms with E-state index in [9.17, 15) is 4.39 Å². The summed E-state index contributed by atoms with van der Waals surface area (Å²) in [7, 11) is 0. The quantitative estimate of drug-likeness (QED) is 0.305. The summed E-state index contributed by atoms with van der Waals surface area (Å²) in [5, 5.41) is 4.39. The van der Waals surface area contributed by atoms with Gasteiger partial charge in [-0.05, 0) is 38.5 Å². The minimum Gasteiger partial charge on any atom is -0.492 e. The number of nitrogens with one attached hydrogen (secondary N) is 1. The van der Waals surface area contributed by atoms with E-state index in [2.05, 4.69) is 20.2 Å². The Bertz CT molecular complexity index is 1350. The van der Waals surface area contributed by atoms with Crippen molar-refractivity contribution in [2.24, 2.45) is 0 Å². The molecule has 2 aromatic heterocycles. The molecule has 4 aromatic rings. The molecular formula is C27H29FN4O3S. The maximum atomic E-state index is 13.6. The molecule has 0 unspecified atom stereocenters. The third-order valence-electron chi connectivity index (χ3n) is 6.06. The van der Waals surface area contributed by atoms with Crippen molar-refractivity contribution >= 4 is 38.7 Å². The molecule has 1 saturated heterocycles. The predicted octanol–water partition coefficient (Wildman–Crippen LogP) is 6.18. The molecule has 36 heavy (non-hydrogen) atoms. The van der Waals surface area contributed by atoms with Crippen molar-refractivity contribution in [3.63, 3.8) is 0 Å². The number of fused-ring (bicyclic) bond motifs is 1. The summed E-state index contributed by atoms with van der Waals surface area (Å²) < 4.78 is 31.3. The zero-order chi connectivity index (χ0) is 25.1. The number of hydrogen-bond donors (Lipinski definition) is 1. The fraction of sp³-hybridized carbons (Fsp3) is 0.333. The second-order valence-electron chi connectivity index (χ2n) is 8.35. The molecule has 7 nitrogen and oxygen atoms in total. The Hall–Kier alpha value is -3.43. The molecule has 0 amide bonds. The highest BCUT2D eigenvalue weighted by Crippen LogP contribution is 2.44. The van der Waals surface area contributed by atoms with Gasteiger partial charge in [0.05, 0.1) is 43.2 Å². The molecule has 0 radical (unpaired) electrons. The number of halogens is 1. The van der Waals surface area contributed by atoms with Gasteiger partial charge in [-0.2, -0.15) is 0 Å². The van der Waals surface area contributed by atoms with Crippen molar-refractivity contribution in [1.29, 1.82) is 0 Å². The highest BCUT2D eigenvalue weighted by molar-refractivity contribution is 7.19. The van der Waals surface area contributed by atoms with Crippen molar-refractivity contribution in [1.82, 2.24) is 9.97 Å². The number of rotatable bonds is 8. The highest BCUT2D eigenvalue weighted by Gasteiger charge is 2.22. The van der Waals surface area contributed by atoms with Crippen LogP contribution < -0.4 is 19.7 Å². The fourth-order valence-electron chi connectivity index (χ4n) is 4.48. The molecule has 3 heterocycles. The number of morpholine rings is 1. The van der Waals surface area contributed by atoms with E-state index in [1.165, 1.54) is 12.1 Å². The first-order valence-corrected chi connectivity index (χ1v) is 12.9. The van der Waals surface area contributed by atoms with Crippen LogP contribution in [0.4, 0.5) is 21.6 Å². The Morgan fingerprint density at radius 3 is 2.47 bits per heavy atom. The van der Waals surface area contributed by atoms with E-state index in [0.717, 1.165) is 56.4 Å². The SMILES string of the molecule is CCOc1cc(N2CCOCC2)c(OCC)cc1Nc1ncnc2sc(C)c(-c3ccc(F)cc3)c12. The van der Waals surface area contributed by atoms with Gasteiger partial charge in [0.15, 0.2) is 0 Å². The van der Waals surface area contributed by atoms with Crippen LogP contribution in [-0.4, -0.2) is 49.5 Å². The maximum absolute atomic E-state index is 13.6. The molecular weight excluding hydrogens is 479 g/mol. The zero-order valence-corrected chi connectivity index (χ0v) is 21.5. The van der Waals surface area contributed by atoms with Crippen LogP contribution in [0, 0.1) is 12.7 Å². The summed E-state index contributed by atoms with van der Waals surface area (Å²) >= 11 is 1.59. The van der Waals surface area contributed by atoms with Crippen LogP contribution in [-0.2, 0) is 4.74 Å². The number of aromatic nitrogens is 2.